The molecule has 2 rings (SSSR count). The summed E-state index contributed by atoms with van der Waals surface area (Å²) >= 11 is 3.19. The molecule has 0 aliphatic carbocycles. The molecule has 1 aromatic rings. The van der Waals surface area contributed by atoms with Crippen molar-refractivity contribution in [3.8, 4) is 0 Å². The van der Waals surface area contributed by atoms with E-state index in [9.17, 15) is 4.79 Å². The van der Waals surface area contributed by atoms with Crippen molar-refractivity contribution in [3.63, 3.8) is 0 Å². The molecule has 1 fully saturated rings. The van der Waals surface area contributed by atoms with E-state index >= 15 is 0 Å². The predicted octanol–water partition coefficient (Wildman–Crippen LogP) is 1.94. The summed E-state index contributed by atoms with van der Waals surface area (Å²) < 4.78 is 0. The van der Waals surface area contributed by atoms with Crippen LogP contribution in [-0.4, -0.2) is 43.2 Å². The first-order valence-corrected chi connectivity index (χ1v) is 7.05. The molecule has 0 unspecified atom stereocenters. The van der Waals surface area contributed by atoms with Crippen LogP contribution in [0, 0.1) is 0 Å². The van der Waals surface area contributed by atoms with Gasteiger partial charge in [0.2, 0.25) is 0 Å². The number of nitrogens with one attached hydrogen (secondary N) is 1. The van der Waals surface area contributed by atoms with E-state index in [1.807, 2.05) is 22.6 Å². The second-order valence-corrected chi connectivity index (χ2v) is 5.12. The van der Waals surface area contributed by atoms with Crippen molar-refractivity contribution in [2.75, 3.05) is 32.4 Å². The Kier molecular flexibility index (Phi) is 5.61. The summed E-state index contributed by atoms with van der Waals surface area (Å²) in [5, 5.41) is 5.24. The lowest BCUT2D eigenvalue weighted by molar-refractivity contribution is 0.0737. The van der Waals surface area contributed by atoms with Crippen LogP contribution in [0.4, 0.5) is 0 Å². The van der Waals surface area contributed by atoms with Gasteiger partial charge in [0.15, 0.2) is 0 Å². The van der Waals surface area contributed by atoms with E-state index in [4.69, 9.17) is 0 Å². The largest absolute Gasteiger partial charge is 0.335 e. The Morgan fingerprint density at radius 3 is 2.81 bits per heavy atom. The summed E-state index contributed by atoms with van der Waals surface area (Å²) in [4.78, 5) is 16.1. The van der Waals surface area contributed by atoms with Gasteiger partial charge in [-0.2, -0.15) is 0 Å². The van der Waals surface area contributed by atoms with Gasteiger partial charge in [0.05, 0.1) is 0 Å². The number of rotatable bonds is 2. The SMILES string of the molecule is CSc1ccsc1C(=O)N1CCNCC1.Cl. The zero-order chi connectivity index (χ0) is 10.7. The highest BCUT2D eigenvalue weighted by Gasteiger charge is 2.21. The maximum atomic E-state index is 12.1. The van der Waals surface area contributed by atoms with Crippen molar-refractivity contribution in [2.24, 2.45) is 0 Å². The highest BCUT2D eigenvalue weighted by molar-refractivity contribution is 7.98. The fraction of sp³-hybridized carbons (Fsp3) is 0.500. The molecule has 1 saturated heterocycles. The molecular formula is C10H15ClN2OS2. The number of carbonyl (C=O) groups excluding carboxylic acids is 1. The van der Waals surface area contributed by atoms with Gasteiger partial charge < -0.3 is 10.2 Å². The van der Waals surface area contributed by atoms with E-state index in [0.29, 0.717) is 0 Å². The first-order valence-electron chi connectivity index (χ1n) is 4.94. The average molecular weight is 279 g/mol. The van der Waals surface area contributed by atoms with E-state index in [0.717, 1.165) is 36.0 Å². The molecule has 1 N–H and O–H groups in total. The first kappa shape index (κ1) is 13.8. The summed E-state index contributed by atoms with van der Waals surface area (Å²) in [7, 11) is 0. The van der Waals surface area contributed by atoms with Crippen LogP contribution in [-0.2, 0) is 0 Å². The van der Waals surface area contributed by atoms with Crippen molar-refractivity contribution in [3.05, 3.63) is 16.3 Å². The molecule has 1 aliphatic rings. The lowest BCUT2D eigenvalue weighted by Crippen LogP contribution is -2.46. The molecule has 1 aliphatic heterocycles. The molecule has 1 amide bonds. The molecule has 0 aromatic carbocycles. The number of thiophene rings is 1. The summed E-state index contributed by atoms with van der Waals surface area (Å²) in [5.74, 6) is 0.191. The van der Waals surface area contributed by atoms with Crippen molar-refractivity contribution in [1.29, 1.82) is 0 Å². The molecule has 6 heteroatoms. The second-order valence-electron chi connectivity index (χ2n) is 3.36. The van der Waals surface area contributed by atoms with Gasteiger partial charge in [-0.05, 0) is 17.7 Å². The van der Waals surface area contributed by atoms with Crippen molar-refractivity contribution in [2.45, 2.75) is 4.90 Å². The van der Waals surface area contributed by atoms with Gasteiger partial charge in [-0.15, -0.1) is 35.5 Å². The number of hydrogen-bond donors (Lipinski definition) is 1. The number of carbonyl (C=O) groups is 1. The highest BCUT2D eigenvalue weighted by atomic mass is 35.5. The molecule has 0 spiro atoms. The quantitative estimate of drug-likeness (QED) is 0.839. The summed E-state index contributed by atoms with van der Waals surface area (Å²) in [5.41, 5.74) is 0. The zero-order valence-corrected chi connectivity index (χ0v) is 11.5. The summed E-state index contributed by atoms with van der Waals surface area (Å²) in [6.07, 6.45) is 2.01. The van der Waals surface area contributed by atoms with Gasteiger partial charge in [-0.1, -0.05) is 0 Å². The van der Waals surface area contributed by atoms with E-state index in [1.165, 1.54) is 0 Å². The van der Waals surface area contributed by atoms with Crippen LogP contribution < -0.4 is 5.32 Å². The number of piperazine rings is 1. The molecule has 0 saturated carbocycles. The van der Waals surface area contributed by atoms with E-state index in [2.05, 4.69) is 5.32 Å². The van der Waals surface area contributed by atoms with Gasteiger partial charge in [0.1, 0.15) is 4.88 Å². The normalized spacial score (nSPS) is 15.7. The fourth-order valence-electron chi connectivity index (χ4n) is 1.63. The van der Waals surface area contributed by atoms with Crippen LogP contribution in [0.2, 0.25) is 0 Å². The maximum absolute atomic E-state index is 12.1. The summed E-state index contributed by atoms with van der Waals surface area (Å²) in [6.45, 7) is 3.46. The zero-order valence-electron chi connectivity index (χ0n) is 9.06. The fourth-order valence-corrected chi connectivity index (χ4v) is 3.34. The topological polar surface area (TPSA) is 32.3 Å². The molecule has 2 heterocycles. The third-order valence-electron chi connectivity index (χ3n) is 2.45. The Balaban J connectivity index is 0.00000128. The molecule has 0 bridgehead atoms. The molecule has 0 radical (unpaired) electrons. The lowest BCUT2D eigenvalue weighted by Gasteiger charge is -2.27. The smallest absolute Gasteiger partial charge is 0.265 e. The van der Waals surface area contributed by atoms with Gasteiger partial charge in [0, 0.05) is 31.1 Å². The van der Waals surface area contributed by atoms with Gasteiger partial charge in [0.25, 0.3) is 5.91 Å². The minimum absolute atomic E-state index is 0. The first-order chi connectivity index (χ1) is 7.33. The number of nitrogens with zero attached hydrogens (tertiary/aromatic N) is 1. The predicted molar refractivity (Wildman–Crippen MR) is 72.1 cm³/mol. The number of thioether (sulfide) groups is 1. The lowest BCUT2D eigenvalue weighted by atomic mass is 10.3. The van der Waals surface area contributed by atoms with Crippen molar-refractivity contribution in [1.82, 2.24) is 10.2 Å². The Labute approximate surface area is 110 Å². The molecular weight excluding hydrogens is 264 g/mol. The average Bonchev–Trinajstić information content (AvgIpc) is 2.77. The van der Waals surface area contributed by atoms with Crippen LogP contribution in [0.1, 0.15) is 9.67 Å². The van der Waals surface area contributed by atoms with Crippen LogP contribution in [0.15, 0.2) is 16.3 Å². The maximum Gasteiger partial charge on any atom is 0.265 e. The molecule has 90 valence electrons. The Morgan fingerprint density at radius 2 is 2.19 bits per heavy atom. The third-order valence-corrected chi connectivity index (χ3v) is 4.26. The summed E-state index contributed by atoms with van der Waals surface area (Å²) in [6, 6.07) is 2.02. The monoisotopic (exact) mass is 278 g/mol. The molecule has 3 nitrogen and oxygen atoms in total. The Hall–Kier alpha value is -0.230. The van der Waals surface area contributed by atoms with E-state index < -0.39 is 0 Å². The number of hydrogen-bond acceptors (Lipinski definition) is 4. The molecule has 1 aromatic heterocycles. The van der Waals surface area contributed by atoms with E-state index in [-0.39, 0.29) is 18.3 Å². The van der Waals surface area contributed by atoms with Crippen molar-refractivity contribution >= 4 is 41.4 Å². The van der Waals surface area contributed by atoms with Crippen LogP contribution in [0.3, 0.4) is 0 Å². The van der Waals surface area contributed by atoms with Crippen LogP contribution in [0.5, 0.6) is 0 Å². The Bertz CT molecular complexity index is 350. The van der Waals surface area contributed by atoms with E-state index in [1.54, 1.807) is 23.1 Å². The third kappa shape index (κ3) is 2.91. The van der Waals surface area contributed by atoms with Crippen LogP contribution >= 0.6 is 35.5 Å². The van der Waals surface area contributed by atoms with Gasteiger partial charge >= 0.3 is 0 Å². The van der Waals surface area contributed by atoms with Gasteiger partial charge in [-0.25, -0.2) is 0 Å². The standard InChI is InChI=1S/C10H14N2OS2.ClH/c1-14-8-2-7-15-9(8)10(13)12-5-3-11-4-6-12;/h2,7,11H,3-6H2,1H3;1H. The van der Waals surface area contributed by atoms with Gasteiger partial charge in [-0.3, -0.25) is 4.79 Å². The molecule has 0 atom stereocenters. The minimum Gasteiger partial charge on any atom is -0.335 e. The van der Waals surface area contributed by atoms with Crippen molar-refractivity contribution < 1.29 is 4.79 Å². The minimum atomic E-state index is 0. The number of amides is 1. The van der Waals surface area contributed by atoms with Crippen LogP contribution in [0.25, 0.3) is 0 Å². The molecule has 16 heavy (non-hydrogen) atoms. The highest BCUT2D eigenvalue weighted by Crippen LogP contribution is 2.26. The Morgan fingerprint density at radius 1 is 1.50 bits per heavy atom. The second kappa shape index (κ2) is 6.49. The number of halogens is 1.